The molecule has 0 unspecified atom stereocenters. The van der Waals surface area contributed by atoms with Crippen molar-refractivity contribution in [1.82, 2.24) is 0 Å². The average molecular weight is 240 g/mol. The summed E-state index contributed by atoms with van der Waals surface area (Å²) in [5.74, 6) is 0. The predicted molar refractivity (Wildman–Crippen MR) is 58.7 cm³/mol. The van der Waals surface area contributed by atoms with Gasteiger partial charge in [0, 0.05) is 15.9 Å². The zero-order valence-electron chi connectivity index (χ0n) is 7.76. The molecule has 1 aromatic rings. The summed E-state index contributed by atoms with van der Waals surface area (Å²) in [4.78, 5) is 0. The molecule has 0 heterocycles. The first-order valence-corrected chi connectivity index (χ1v) is 5.50. The molecular weight excluding hydrogens is 226 g/mol. The van der Waals surface area contributed by atoms with Crippen molar-refractivity contribution in [2.45, 2.75) is 31.2 Å². The fourth-order valence-corrected chi connectivity index (χ4v) is 2.32. The average Bonchev–Trinajstić information content (AvgIpc) is 2.79. The van der Waals surface area contributed by atoms with Gasteiger partial charge in [-0.1, -0.05) is 35.0 Å². The Hall–Kier alpha value is -0.340. The highest BCUT2D eigenvalue weighted by molar-refractivity contribution is 9.10. The smallest absolute Gasteiger partial charge is 0.0175 e. The van der Waals surface area contributed by atoms with E-state index in [1.807, 2.05) is 0 Å². The fraction of sp³-hybridized carbons (Fsp3) is 0.455. The van der Waals surface area contributed by atoms with Crippen LogP contribution in [0.25, 0.3) is 0 Å². The lowest BCUT2D eigenvalue weighted by molar-refractivity contribution is 0.634. The van der Waals surface area contributed by atoms with Crippen LogP contribution >= 0.6 is 15.9 Å². The Kier molecular flexibility index (Phi) is 2.20. The molecule has 0 amide bonds. The fourth-order valence-electron chi connectivity index (χ4n) is 2.06. The Labute approximate surface area is 87.5 Å². The normalized spacial score (nSPS) is 31.8. The highest BCUT2D eigenvalue weighted by Gasteiger charge is 2.51. The van der Waals surface area contributed by atoms with Crippen LogP contribution in [0, 0.1) is 0 Å². The van der Waals surface area contributed by atoms with Crippen LogP contribution in [0.1, 0.15) is 25.3 Å². The molecule has 0 aliphatic heterocycles. The van der Waals surface area contributed by atoms with Gasteiger partial charge in [-0.25, -0.2) is 0 Å². The third-order valence-electron chi connectivity index (χ3n) is 3.18. The minimum atomic E-state index is 0.292. The molecule has 2 heteroatoms. The highest BCUT2D eigenvalue weighted by Crippen LogP contribution is 2.49. The topological polar surface area (TPSA) is 26.0 Å². The summed E-state index contributed by atoms with van der Waals surface area (Å²) in [6.45, 7) is 2.22. The van der Waals surface area contributed by atoms with E-state index in [0.717, 1.165) is 17.3 Å². The van der Waals surface area contributed by atoms with E-state index in [2.05, 4.69) is 47.1 Å². The minimum absolute atomic E-state index is 0.292. The molecule has 0 bridgehead atoms. The molecule has 13 heavy (non-hydrogen) atoms. The molecule has 1 aromatic carbocycles. The van der Waals surface area contributed by atoms with Gasteiger partial charge in [0.2, 0.25) is 0 Å². The maximum Gasteiger partial charge on any atom is 0.0175 e. The van der Waals surface area contributed by atoms with Crippen molar-refractivity contribution in [3.8, 4) is 0 Å². The quantitative estimate of drug-likeness (QED) is 0.845. The van der Waals surface area contributed by atoms with E-state index in [1.165, 1.54) is 5.56 Å². The second kappa shape index (κ2) is 3.10. The Balaban J connectivity index is 2.31. The van der Waals surface area contributed by atoms with Crippen LogP contribution in [-0.4, -0.2) is 6.04 Å². The van der Waals surface area contributed by atoms with Gasteiger partial charge < -0.3 is 5.73 Å². The maximum atomic E-state index is 5.97. The van der Waals surface area contributed by atoms with Gasteiger partial charge in [0.05, 0.1) is 0 Å². The van der Waals surface area contributed by atoms with Crippen molar-refractivity contribution in [1.29, 1.82) is 0 Å². The van der Waals surface area contributed by atoms with Crippen molar-refractivity contribution in [3.05, 3.63) is 34.3 Å². The van der Waals surface area contributed by atoms with Crippen molar-refractivity contribution >= 4 is 15.9 Å². The van der Waals surface area contributed by atoms with E-state index < -0.39 is 0 Å². The summed E-state index contributed by atoms with van der Waals surface area (Å²) >= 11 is 3.44. The van der Waals surface area contributed by atoms with Gasteiger partial charge in [0.25, 0.3) is 0 Å². The molecule has 0 saturated heterocycles. The number of halogens is 1. The SMILES string of the molecule is CC[C@]1(c2ccc(Br)cc2)C[C@H]1N. The summed E-state index contributed by atoms with van der Waals surface area (Å²) in [5.41, 5.74) is 7.66. The predicted octanol–water partition coefficient (Wildman–Crippen LogP) is 2.83. The van der Waals surface area contributed by atoms with Crippen LogP contribution in [0.2, 0.25) is 0 Å². The van der Waals surface area contributed by atoms with Gasteiger partial charge in [-0.15, -0.1) is 0 Å². The molecule has 2 atom stereocenters. The van der Waals surface area contributed by atoms with Gasteiger partial charge in [0.15, 0.2) is 0 Å². The number of hydrogen-bond donors (Lipinski definition) is 1. The second-order valence-electron chi connectivity index (χ2n) is 3.83. The van der Waals surface area contributed by atoms with E-state index in [-0.39, 0.29) is 0 Å². The molecule has 0 aromatic heterocycles. The Morgan fingerprint density at radius 1 is 1.46 bits per heavy atom. The summed E-state index contributed by atoms with van der Waals surface area (Å²) in [6, 6.07) is 8.93. The van der Waals surface area contributed by atoms with Crippen molar-refractivity contribution < 1.29 is 0 Å². The number of benzene rings is 1. The summed E-state index contributed by atoms with van der Waals surface area (Å²) in [6.07, 6.45) is 2.29. The number of rotatable bonds is 2. The second-order valence-corrected chi connectivity index (χ2v) is 4.74. The van der Waals surface area contributed by atoms with Crippen LogP contribution in [-0.2, 0) is 5.41 Å². The minimum Gasteiger partial charge on any atom is -0.327 e. The van der Waals surface area contributed by atoms with Crippen molar-refractivity contribution in [2.24, 2.45) is 5.73 Å². The van der Waals surface area contributed by atoms with Crippen molar-refractivity contribution in [3.63, 3.8) is 0 Å². The lowest BCUT2D eigenvalue weighted by Gasteiger charge is -2.13. The third-order valence-corrected chi connectivity index (χ3v) is 3.71. The molecular formula is C11H14BrN. The van der Waals surface area contributed by atoms with Gasteiger partial charge >= 0.3 is 0 Å². The summed E-state index contributed by atoms with van der Waals surface area (Å²) in [7, 11) is 0. The van der Waals surface area contributed by atoms with Gasteiger partial charge in [0.1, 0.15) is 0 Å². The molecule has 1 fully saturated rings. The lowest BCUT2D eigenvalue weighted by Crippen LogP contribution is -2.17. The van der Waals surface area contributed by atoms with Crippen LogP contribution in [0.5, 0.6) is 0 Å². The van der Waals surface area contributed by atoms with E-state index in [0.29, 0.717) is 11.5 Å². The largest absolute Gasteiger partial charge is 0.327 e. The monoisotopic (exact) mass is 239 g/mol. The summed E-state index contributed by atoms with van der Waals surface area (Å²) < 4.78 is 1.14. The zero-order valence-corrected chi connectivity index (χ0v) is 9.34. The molecule has 1 aliphatic carbocycles. The Morgan fingerprint density at radius 2 is 2.00 bits per heavy atom. The van der Waals surface area contributed by atoms with Gasteiger partial charge in [-0.05, 0) is 30.5 Å². The number of hydrogen-bond acceptors (Lipinski definition) is 1. The van der Waals surface area contributed by atoms with Crippen LogP contribution in [0.3, 0.4) is 0 Å². The van der Waals surface area contributed by atoms with Crippen LogP contribution in [0.15, 0.2) is 28.7 Å². The molecule has 1 aliphatic rings. The van der Waals surface area contributed by atoms with Crippen molar-refractivity contribution in [2.75, 3.05) is 0 Å². The molecule has 70 valence electrons. The van der Waals surface area contributed by atoms with E-state index in [1.54, 1.807) is 0 Å². The van der Waals surface area contributed by atoms with Gasteiger partial charge in [-0.2, -0.15) is 0 Å². The summed E-state index contributed by atoms with van der Waals surface area (Å²) in [5, 5.41) is 0. The lowest BCUT2D eigenvalue weighted by atomic mass is 9.92. The first-order valence-electron chi connectivity index (χ1n) is 4.70. The van der Waals surface area contributed by atoms with E-state index in [4.69, 9.17) is 5.73 Å². The van der Waals surface area contributed by atoms with E-state index >= 15 is 0 Å². The number of nitrogens with two attached hydrogens (primary N) is 1. The first-order chi connectivity index (χ1) is 6.19. The zero-order chi connectivity index (χ0) is 9.47. The highest BCUT2D eigenvalue weighted by atomic mass is 79.9. The van der Waals surface area contributed by atoms with E-state index in [9.17, 15) is 0 Å². The first kappa shape index (κ1) is 9.22. The maximum absolute atomic E-state index is 5.97. The van der Waals surface area contributed by atoms with Gasteiger partial charge in [-0.3, -0.25) is 0 Å². The molecule has 2 rings (SSSR count). The Bertz CT molecular complexity index is 302. The molecule has 0 spiro atoms. The Morgan fingerprint density at radius 3 is 2.38 bits per heavy atom. The standard InChI is InChI=1S/C11H14BrN/c1-2-11(7-10(11)13)8-3-5-9(12)6-4-8/h3-6,10H,2,7,13H2,1H3/t10-,11-/m1/s1. The van der Waals surface area contributed by atoms with Crippen LogP contribution in [0.4, 0.5) is 0 Å². The molecule has 1 saturated carbocycles. The molecule has 0 radical (unpaired) electrons. The molecule has 2 N–H and O–H groups in total. The third kappa shape index (κ3) is 1.42. The molecule has 1 nitrogen and oxygen atoms in total. The van der Waals surface area contributed by atoms with Crippen LogP contribution < -0.4 is 5.73 Å².